The maximum Gasteiger partial charge on any atom is 0.419 e. The van der Waals surface area contributed by atoms with Crippen LogP contribution in [0.4, 0.5) is 17.6 Å². The molecule has 1 fully saturated rings. The van der Waals surface area contributed by atoms with E-state index in [9.17, 15) is 26.0 Å². The second kappa shape index (κ2) is 5.78. The van der Waals surface area contributed by atoms with E-state index < -0.39 is 38.5 Å². The fourth-order valence-corrected chi connectivity index (χ4v) is 4.24. The van der Waals surface area contributed by atoms with Crippen LogP contribution in [0.3, 0.4) is 0 Å². The number of alkyl halides is 3. The number of sulfonamides is 1. The van der Waals surface area contributed by atoms with Gasteiger partial charge in [-0.3, -0.25) is 0 Å². The van der Waals surface area contributed by atoms with Crippen LogP contribution in [0.5, 0.6) is 0 Å². The molecule has 9 heteroatoms. The van der Waals surface area contributed by atoms with Crippen molar-refractivity contribution in [2.24, 2.45) is 5.73 Å². The van der Waals surface area contributed by atoms with Crippen LogP contribution in [-0.4, -0.2) is 31.4 Å². The third kappa shape index (κ3) is 3.26. The van der Waals surface area contributed by atoms with Crippen molar-refractivity contribution in [2.75, 3.05) is 6.54 Å². The van der Waals surface area contributed by atoms with Gasteiger partial charge in [-0.1, -0.05) is 0 Å². The Bertz CT molecular complexity index is 660. The van der Waals surface area contributed by atoms with Crippen LogP contribution >= 0.6 is 0 Å². The largest absolute Gasteiger partial charge is 0.419 e. The Hall–Kier alpha value is -1.19. The van der Waals surface area contributed by atoms with E-state index in [0.29, 0.717) is 25.0 Å². The standard InChI is InChI=1S/C13H16F4N2O2S/c1-8-6-9(18)4-5-19(8)22(20,21)10-2-3-12(14)11(7-10)13(15,16)17/h2-3,7-9H,4-6,18H2,1H3. The van der Waals surface area contributed by atoms with Crippen molar-refractivity contribution in [3.05, 3.63) is 29.6 Å². The molecule has 22 heavy (non-hydrogen) atoms. The van der Waals surface area contributed by atoms with E-state index in [-0.39, 0.29) is 12.6 Å². The van der Waals surface area contributed by atoms with Crippen molar-refractivity contribution in [2.45, 2.75) is 42.9 Å². The zero-order valence-corrected chi connectivity index (χ0v) is 12.6. The highest BCUT2D eigenvalue weighted by Crippen LogP contribution is 2.34. The monoisotopic (exact) mass is 340 g/mol. The molecule has 0 bridgehead atoms. The van der Waals surface area contributed by atoms with Gasteiger partial charge in [-0.05, 0) is 38.0 Å². The number of hydrogen-bond acceptors (Lipinski definition) is 3. The van der Waals surface area contributed by atoms with Gasteiger partial charge in [0.05, 0.1) is 10.5 Å². The minimum Gasteiger partial charge on any atom is -0.328 e. The number of benzene rings is 1. The molecule has 1 aromatic rings. The van der Waals surface area contributed by atoms with Crippen molar-refractivity contribution >= 4 is 10.0 Å². The van der Waals surface area contributed by atoms with Crippen molar-refractivity contribution in [1.29, 1.82) is 0 Å². The first-order valence-electron chi connectivity index (χ1n) is 6.67. The molecule has 1 saturated heterocycles. The minimum absolute atomic E-state index is 0.128. The van der Waals surface area contributed by atoms with Crippen LogP contribution in [0.2, 0.25) is 0 Å². The van der Waals surface area contributed by atoms with E-state index in [0.717, 1.165) is 10.4 Å². The van der Waals surface area contributed by atoms with Crippen molar-refractivity contribution in [3.63, 3.8) is 0 Å². The van der Waals surface area contributed by atoms with Crippen LogP contribution in [0.15, 0.2) is 23.1 Å². The smallest absolute Gasteiger partial charge is 0.328 e. The maximum absolute atomic E-state index is 13.3. The van der Waals surface area contributed by atoms with E-state index in [1.54, 1.807) is 6.92 Å². The quantitative estimate of drug-likeness (QED) is 0.841. The third-order valence-electron chi connectivity index (χ3n) is 3.71. The molecule has 0 aromatic heterocycles. The van der Waals surface area contributed by atoms with Crippen LogP contribution in [-0.2, 0) is 16.2 Å². The second-order valence-electron chi connectivity index (χ2n) is 5.39. The predicted octanol–water partition coefficient (Wildman–Crippen LogP) is 2.34. The maximum atomic E-state index is 13.3. The fourth-order valence-electron chi connectivity index (χ4n) is 2.56. The molecule has 1 aliphatic rings. The average molecular weight is 340 g/mol. The summed E-state index contributed by atoms with van der Waals surface area (Å²) in [4.78, 5) is -0.566. The second-order valence-corrected chi connectivity index (χ2v) is 7.28. The fraction of sp³-hybridized carbons (Fsp3) is 0.538. The van der Waals surface area contributed by atoms with Crippen LogP contribution in [0, 0.1) is 5.82 Å². The lowest BCUT2D eigenvalue weighted by atomic mass is 10.0. The molecule has 0 spiro atoms. The Balaban J connectivity index is 2.42. The Morgan fingerprint density at radius 3 is 2.50 bits per heavy atom. The first-order valence-corrected chi connectivity index (χ1v) is 8.11. The van der Waals surface area contributed by atoms with Gasteiger partial charge in [0.25, 0.3) is 0 Å². The molecule has 0 radical (unpaired) electrons. The van der Waals surface area contributed by atoms with E-state index in [1.807, 2.05) is 0 Å². The van der Waals surface area contributed by atoms with Gasteiger partial charge in [0.15, 0.2) is 0 Å². The predicted molar refractivity (Wildman–Crippen MR) is 72.0 cm³/mol. The Kier molecular flexibility index (Phi) is 4.51. The highest BCUT2D eigenvalue weighted by molar-refractivity contribution is 7.89. The minimum atomic E-state index is -4.95. The topological polar surface area (TPSA) is 63.4 Å². The molecule has 2 unspecified atom stereocenters. The summed E-state index contributed by atoms with van der Waals surface area (Å²) in [5, 5.41) is 0. The van der Waals surface area contributed by atoms with Gasteiger partial charge in [0.2, 0.25) is 10.0 Å². The van der Waals surface area contributed by atoms with Gasteiger partial charge in [0, 0.05) is 18.6 Å². The number of rotatable bonds is 2. The van der Waals surface area contributed by atoms with E-state index >= 15 is 0 Å². The summed E-state index contributed by atoms with van der Waals surface area (Å²) >= 11 is 0. The number of halogens is 4. The van der Waals surface area contributed by atoms with Crippen molar-refractivity contribution in [1.82, 2.24) is 4.31 Å². The lowest BCUT2D eigenvalue weighted by molar-refractivity contribution is -0.140. The Morgan fingerprint density at radius 2 is 1.95 bits per heavy atom. The van der Waals surface area contributed by atoms with Crippen LogP contribution < -0.4 is 5.73 Å². The first-order chi connectivity index (χ1) is 10.0. The highest BCUT2D eigenvalue weighted by atomic mass is 32.2. The Morgan fingerprint density at radius 1 is 1.32 bits per heavy atom. The molecule has 0 saturated carbocycles. The summed E-state index contributed by atoms with van der Waals surface area (Å²) in [6.45, 7) is 1.77. The first kappa shape index (κ1) is 17.2. The summed E-state index contributed by atoms with van der Waals surface area (Å²) in [7, 11) is -4.12. The zero-order valence-electron chi connectivity index (χ0n) is 11.8. The molecule has 124 valence electrons. The van der Waals surface area contributed by atoms with Crippen LogP contribution in [0.25, 0.3) is 0 Å². The lowest BCUT2D eigenvalue weighted by Gasteiger charge is -2.35. The third-order valence-corrected chi connectivity index (χ3v) is 5.72. The van der Waals surface area contributed by atoms with Gasteiger partial charge in [-0.2, -0.15) is 17.5 Å². The van der Waals surface area contributed by atoms with E-state index in [4.69, 9.17) is 5.73 Å². The average Bonchev–Trinajstić information content (AvgIpc) is 2.36. The SMILES string of the molecule is CC1CC(N)CCN1S(=O)(=O)c1ccc(F)c(C(F)(F)F)c1. The molecule has 4 nitrogen and oxygen atoms in total. The van der Waals surface area contributed by atoms with Gasteiger partial charge in [-0.25, -0.2) is 12.8 Å². The number of hydrogen-bond donors (Lipinski definition) is 1. The molecular weight excluding hydrogens is 324 g/mol. The van der Waals surface area contributed by atoms with E-state index in [1.165, 1.54) is 0 Å². The molecule has 0 amide bonds. The molecule has 0 aliphatic carbocycles. The summed E-state index contributed by atoms with van der Waals surface area (Å²) in [5.74, 6) is -1.50. The number of nitrogens with zero attached hydrogens (tertiary/aromatic N) is 1. The summed E-state index contributed by atoms with van der Waals surface area (Å²) in [6, 6.07) is 1.15. The van der Waals surface area contributed by atoms with Gasteiger partial charge in [-0.15, -0.1) is 0 Å². The van der Waals surface area contributed by atoms with Gasteiger partial charge >= 0.3 is 6.18 Å². The molecule has 1 aromatic carbocycles. The molecule has 2 atom stereocenters. The normalized spacial score (nSPS) is 24.5. The zero-order chi connectivity index (χ0) is 16.7. The van der Waals surface area contributed by atoms with Gasteiger partial charge in [0.1, 0.15) is 5.82 Å². The molecule has 1 aliphatic heterocycles. The molecule has 2 rings (SSSR count). The summed E-state index contributed by atoms with van der Waals surface area (Å²) in [6.07, 6.45) is -4.10. The van der Waals surface area contributed by atoms with Crippen molar-refractivity contribution in [3.8, 4) is 0 Å². The summed E-state index contributed by atoms with van der Waals surface area (Å²) in [5.41, 5.74) is 4.16. The molecule has 2 N–H and O–H groups in total. The Labute approximate surface area is 126 Å². The highest BCUT2D eigenvalue weighted by Gasteiger charge is 2.38. The summed E-state index contributed by atoms with van der Waals surface area (Å²) < 4.78 is 77.5. The van der Waals surface area contributed by atoms with Gasteiger partial charge < -0.3 is 5.73 Å². The van der Waals surface area contributed by atoms with Crippen LogP contribution in [0.1, 0.15) is 25.3 Å². The molecule has 1 heterocycles. The van der Waals surface area contributed by atoms with Crippen molar-refractivity contribution < 1.29 is 26.0 Å². The number of nitrogens with two attached hydrogens (primary N) is 1. The molecular formula is C13H16F4N2O2S. The number of piperidine rings is 1. The van der Waals surface area contributed by atoms with E-state index in [2.05, 4.69) is 0 Å². The lowest BCUT2D eigenvalue weighted by Crippen LogP contribution is -2.48.